The highest BCUT2D eigenvalue weighted by molar-refractivity contribution is 5.95. The summed E-state index contributed by atoms with van der Waals surface area (Å²) in [6.45, 7) is 5.22. The van der Waals surface area contributed by atoms with E-state index < -0.39 is 11.7 Å². The number of alkyl halides is 3. The molecule has 3 rings (SSSR count). The van der Waals surface area contributed by atoms with Crippen molar-refractivity contribution in [1.29, 1.82) is 0 Å². The first kappa shape index (κ1) is 17.5. The molecule has 134 valence electrons. The molecule has 1 aromatic carbocycles. The maximum Gasteiger partial charge on any atom is 0.416 e. The first-order chi connectivity index (χ1) is 11.8. The van der Waals surface area contributed by atoms with Gasteiger partial charge in [-0.2, -0.15) is 18.3 Å². The molecule has 7 heteroatoms. The highest BCUT2D eigenvalue weighted by Gasteiger charge is 2.31. The molecule has 0 spiro atoms. The third kappa shape index (κ3) is 3.55. The molecule has 1 aliphatic heterocycles. The van der Waals surface area contributed by atoms with E-state index in [0.29, 0.717) is 36.0 Å². The van der Waals surface area contributed by atoms with Crippen molar-refractivity contribution in [3.05, 3.63) is 47.3 Å². The molecule has 1 aromatic heterocycles. The number of carbonyl (C=O) groups is 1. The molecular formula is C18H20F3N3O. The quantitative estimate of drug-likeness (QED) is 0.818. The van der Waals surface area contributed by atoms with Gasteiger partial charge in [0.25, 0.3) is 5.91 Å². The van der Waals surface area contributed by atoms with Gasteiger partial charge in [-0.15, -0.1) is 0 Å². The van der Waals surface area contributed by atoms with Crippen LogP contribution in [0.4, 0.5) is 13.2 Å². The highest BCUT2D eigenvalue weighted by Crippen LogP contribution is 2.30. The lowest BCUT2D eigenvalue weighted by atomic mass is 9.99. The summed E-state index contributed by atoms with van der Waals surface area (Å²) in [7, 11) is 0. The molecule has 1 unspecified atom stereocenters. The summed E-state index contributed by atoms with van der Waals surface area (Å²) < 4.78 is 40.1. The molecule has 0 aliphatic carbocycles. The fraction of sp³-hybridized carbons (Fsp3) is 0.444. The number of nitrogens with zero attached hydrogens (tertiary/aromatic N) is 3. The molecule has 1 aliphatic rings. The Morgan fingerprint density at radius 1 is 1.32 bits per heavy atom. The van der Waals surface area contributed by atoms with Crippen LogP contribution >= 0.6 is 0 Å². The van der Waals surface area contributed by atoms with Gasteiger partial charge in [0.1, 0.15) is 0 Å². The van der Waals surface area contributed by atoms with Gasteiger partial charge in [-0.1, -0.05) is 13.0 Å². The van der Waals surface area contributed by atoms with E-state index in [0.717, 1.165) is 25.0 Å². The Labute approximate surface area is 144 Å². The van der Waals surface area contributed by atoms with Crippen LogP contribution < -0.4 is 0 Å². The van der Waals surface area contributed by atoms with Gasteiger partial charge in [0.2, 0.25) is 0 Å². The van der Waals surface area contributed by atoms with Gasteiger partial charge in [-0.05, 0) is 43.9 Å². The molecule has 0 radical (unpaired) electrons. The average Bonchev–Trinajstić information content (AvgIpc) is 2.95. The Bertz CT molecular complexity index is 782. The van der Waals surface area contributed by atoms with Crippen molar-refractivity contribution in [1.82, 2.24) is 14.7 Å². The third-order valence-corrected chi connectivity index (χ3v) is 4.60. The van der Waals surface area contributed by atoms with Crippen LogP contribution in [0.2, 0.25) is 0 Å². The number of benzene rings is 1. The Kier molecular flexibility index (Phi) is 4.58. The summed E-state index contributed by atoms with van der Waals surface area (Å²) in [4.78, 5) is 14.5. The van der Waals surface area contributed by atoms with E-state index >= 15 is 0 Å². The van der Waals surface area contributed by atoms with Gasteiger partial charge in [0, 0.05) is 13.1 Å². The van der Waals surface area contributed by atoms with Gasteiger partial charge in [0.15, 0.2) is 0 Å². The number of hydrogen-bond acceptors (Lipinski definition) is 2. The number of amides is 1. The third-order valence-electron chi connectivity index (χ3n) is 4.60. The molecule has 0 saturated carbocycles. The second-order valence-corrected chi connectivity index (χ2v) is 6.60. The molecule has 0 N–H and O–H groups in total. The topological polar surface area (TPSA) is 38.1 Å². The number of piperidine rings is 1. The van der Waals surface area contributed by atoms with Crippen LogP contribution in [0, 0.1) is 12.8 Å². The summed E-state index contributed by atoms with van der Waals surface area (Å²) in [6, 6.07) is 4.94. The summed E-state index contributed by atoms with van der Waals surface area (Å²) >= 11 is 0. The van der Waals surface area contributed by atoms with Crippen molar-refractivity contribution in [2.24, 2.45) is 5.92 Å². The zero-order chi connectivity index (χ0) is 18.2. The zero-order valence-corrected chi connectivity index (χ0v) is 14.2. The lowest BCUT2D eigenvalue weighted by molar-refractivity contribution is -0.137. The number of hydrogen-bond donors (Lipinski definition) is 0. The number of rotatable bonds is 2. The minimum atomic E-state index is -4.42. The maximum absolute atomic E-state index is 12.9. The van der Waals surface area contributed by atoms with E-state index in [1.165, 1.54) is 16.9 Å². The van der Waals surface area contributed by atoms with Crippen molar-refractivity contribution in [2.45, 2.75) is 32.9 Å². The van der Waals surface area contributed by atoms with Crippen molar-refractivity contribution < 1.29 is 18.0 Å². The van der Waals surface area contributed by atoms with E-state index in [1.807, 2.05) is 0 Å². The summed E-state index contributed by atoms with van der Waals surface area (Å²) in [5.74, 6) is 0.346. The fourth-order valence-corrected chi connectivity index (χ4v) is 3.24. The zero-order valence-electron chi connectivity index (χ0n) is 14.2. The standard InChI is InChI=1S/C18H20F3N3O/c1-12-5-4-8-23(11-12)17(25)16-10-22-24(13(16)2)15-7-3-6-14(9-15)18(19,20)21/h3,6-7,9-10,12H,4-5,8,11H2,1-2H3. The van der Waals surface area contributed by atoms with Crippen molar-refractivity contribution in [2.75, 3.05) is 13.1 Å². The van der Waals surface area contributed by atoms with Crippen LogP contribution in [0.3, 0.4) is 0 Å². The van der Waals surface area contributed by atoms with E-state index in [-0.39, 0.29) is 5.91 Å². The molecule has 1 atom stereocenters. The second kappa shape index (κ2) is 6.54. The largest absolute Gasteiger partial charge is 0.416 e. The lowest BCUT2D eigenvalue weighted by Crippen LogP contribution is -2.39. The van der Waals surface area contributed by atoms with E-state index in [4.69, 9.17) is 0 Å². The number of aromatic nitrogens is 2. The fourth-order valence-electron chi connectivity index (χ4n) is 3.24. The molecule has 25 heavy (non-hydrogen) atoms. The second-order valence-electron chi connectivity index (χ2n) is 6.60. The Morgan fingerprint density at radius 3 is 2.76 bits per heavy atom. The number of halogens is 3. The Balaban J connectivity index is 1.90. The Hall–Kier alpha value is -2.31. The van der Waals surface area contributed by atoms with Crippen LogP contribution in [0.1, 0.15) is 41.4 Å². The summed E-state index contributed by atoms with van der Waals surface area (Å²) in [5, 5.41) is 4.15. The highest BCUT2D eigenvalue weighted by atomic mass is 19.4. The van der Waals surface area contributed by atoms with E-state index in [9.17, 15) is 18.0 Å². The van der Waals surface area contributed by atoms with Crippen molar-refractivity contribution in [3.8, 4) is 5.69 Å². The lowest BCUT2D eigenvalue weighted by Gasteiger charge is -2.30. The average molecular weight is 351 g/mol. The first-order valence-electron chi connectivity index (χ1n) is 8.29. The predicted octanol–water partition coefficient (Wildman–Crippen LogP) is 4.07. The van der Waals surface area contributed by atoms with Crippen LogP contribution in [0.25, 0.3) is 5.69 Å². The van der Waals surface area contributed by atoms with Crippen molar-refractivity contribution in [3.63, 3.8) is 0 Å². The molecule has 1 amide bonds. The van der Waals surface area contributed by atoms with Gasteiger partial charge >= 0.3 is 6.18 Å². The number of likely N-dealkylation sites (tertiary alicyclic amines) is 1. The maximum atomic E-state index is 12.9. The van der Waals surface area contributed by atoms with Gasteiger partial charge in [0.05, 0.1) is 28.7 Å². The SMILES string of the molecule is Cc1c(C(=O)N2CCCC(C)C2)cnn1-c1cccc(C(F)(F)F)c1. The van der Waals surface area contributed by atoms with Gasteiger partial charge in [-0.3, -0.25) is 4.79 Å². The van der Waals surface area contributed by atoms with Crippen molar-refractivity contribution >= 4 is 5.91 Å². The van der Waals surface area contributed by atoms with E-state index in [1.54, 1.807) is 17.9 Å². The predicted molar refractivity (Wildman–Crippen MR) is 87.6 cm³/mol. The van der Waals surface area contributed by atoms with Crippen LogP contribution in [-0.4, -0.2) is 33.7 Å². The molecule has 2 aromatic rings. The molecule has 2 heterocycles. The van der Waals surface area contributed by atoms with E-state index in [2.05, 4.69) is 12.0 Å². The van der Waals surface area contributed by atoms with Crippen LogP contribution in [0.5, 0.6) is 0 Å². The van der Waals surface area contributed by atoms with Gasteiger partial charge < -0.3 is 4.90 Å². The molecule has 1 fully saturated rings. The molecular weight excluding hydrogens is 331 g/mol. The molecule has 4 nitrogen and oxygen atoms in total. The monoisotopic (exact) mass is 351 g/mol. The molecule has 1 saturated heterocycles. The molecule has 0 bridgehead atoms. The normalized spacial score (nSPS) is 18.4. The van der Waals surface area contributed by atoms with Crippen LogP contribution in [-0.2, 0) is 6.18 Å². The summed E-state index contributed by atoms with van der Waals surface area (Å²) in [6.07, 6.45) is -0.906. The first-order valence-corrected chi connectivity index (χ1v) is 8.29. The van der Waals surface area contributed by atoms with Crippen LogP contribution in [0.15, 0.2) is 30.5 Å². The smallest absolute Gasteiger partial charge is 0.338 e. The summed E-state index contributed by atoms with van der Waals surface area (Å²) in [5.41, 5.74) is 0.532. The minimum Gasteiger partial charge on any atom is -0.338 e. The Morgan fingerprint density at radius 2 is 2.08 bits per heavy atom. The minimum absolute atomic E-state index is 0.109. The van der Waals surface area contributed by atoms with Gasteiger partial charge in [-0.25, -0.2) is 4.68 Å². The number of carbonyl (C=O) groups excluding carboxylic acids is 1.